The lowest BCUT2D eigenvalue weighted by molar-refractivity contribution is 0.206. The predicted octanol–water partition coefficient (Wildman–Crippen LogP) is 5.70. The minimum atomic E-state index is -0.913. The van der Waals surface area contributed by atoms with Gasteiger partial charge in [-0.3, -0.25) is 0 Å². The maximum Gasteiger partial charge on any atom is 0.323 e. The molecule has 10 nitrogen and oxygen atoms in total. The standard InChI is InChI=1S/C28H28ClF2N5O5/c1-36(9-10-37)8-3-11-40-26-15-24-19(14-25(26)39-2)27(33-16-32-24)41-18-5-7-22(20(29)13-18)34-28(38)35-23-6-4-17(30)12-21(23)31/h4-7,12-16,37H,3,8-11H2,1-2H3,(H2,34,35,38). The second-order valence-electron chi connectivity index (χ2n) is 8.87. The van der Waals surface area contributed by atoms with E-state index in [9.17, 15) is 13.6 Å². The minimum Gasteiger partial charge on any atom is -0.493 e. The van der Waals surface area contributed by atoms with Crippen molar-refractivity contribution in [2.45, 2.75) is 6.42 Å². The first-order valence-electron chi connectivity index (χ1n) is 12.5. The van der Waals surface area contributed by atoms with E-state index in [0.717, 1.165) is 25.1 Å². The number of carbonyl (C=O) groups is 1. The molecule has 0 bridgehead atoms. The zero-order chi connectivity index (χ0) is 29.4. The van der Waals surface area contributed by atoms with Gasteiger partial charge in [0.05, 0.1) is 47.6 Å². The van der Waals surface area contributed by atoms with Crippen molar-refractivity contribution in [1.82, 2.24) is 14.9 Å². The molecule has 216 valence electrons. The molecule has 0 aliphatic rings. The van der Waals surface area contributed by atoms with E-state index in [0.29, 0.717) is 47.4 Å². The number of aliphatic hydroxyl groups is 1. The number of hydrogen-bond acceptors (Lipinski definition) is 8. The van der Waals surface area contributed by atoms with Crippen LogP contribution >= 0.6 is 11.6 Å². The van der Waals surface area contributed by atoms with E-state index in [2.05, 4.69) is 20.6 Å². The van der Waals surface area contributed by atoms with Crippen LogP contribution in [-0.4, -0.2) is 66.5 Å². The fourth-order valence-corrected chi connectivity index (χ4v) is 4.05. The zero-order valence-corrected chi connectivity index (χ0v) is 23.0. The summed E-state index contributed by atoms with van der Waals surface area (Å²) in [6.45, 7) is 1.91. The summed E-state index contributed by atoms with van der Waals surface area (Å²) in [7, 11) is 3.46. The Labute approximate surface area is 239 Å². The number of hydrogen-bond donors (Lipinski definition) is 3. The molecule has 0 aliphatic carbocycles. The Morgan fingerprint density at radius 1 is 1.02 bits per heavy atom. The third kappa shape index (κ3) is 7.91. The van der Waals surface area contributed by atoms with Gasteiger partial charge in [0.2, 0.25) is 5.88 Å². The number of likely N-dealkylation sites (N-methyl/N-ethyl adjacent to an activating group) is 1. The van der Waals surface area contributed by atoms with Gasteiger partial charge in [-0.25, -0.2) is 23.5 Å². The topological polar surface area (TPSA) is 118 Å². The second kappa shape index (κ2) is 13.9. The van der Waals surface area contributed by atoms with E-state index in [1.807, 2.05) is 11.9 Å². The summed E-state index contributed by atoms with van der Waals surface area (Å²) in [5, 5.41) is 14.5. The van der Waals surface area contributed by atoms with Crippen molar-refractivity contribution in [3.05, 3.63) is 71.5 Å². The van der Waals surface area contributed by atoms with Crippen LogP contribution < -0.4 is 24.8 Å². The first kappa shape index (κ1) is 29.7. The summed E-state index contributed by atoms with van der Waals surface area (Å²) in [4.78, 5) is 22.9. The molecule has 4 rings (SSSR count). The molecule has 1 aromatic heterocycles. The zero-order valence-electron chi connectivity index (χ0n) is 22.3. The number of halogens is 3. The van der Waals surface area contributed by atoms with Gasteiger partial charge >= 0.3 is 6.03 Å². The molecule has 0 aliphatic heterocycles. The van der Waals surface area contributed by atoms with Crippen molar-refractivity contribution in [3.63, 3.8) is 0 Å². The van der Waals surface area contributed by atoms with Crippen molar-refractivity contribution in [2.75, 3.05) is 51.1 Å². The van der Waals surface area contributed by atoms with Gasteiger partial charge in [0.1, 0.15) is 23.7 Å². The van der Waals surface area contributed by atoms with Crippen molar-refractivity contribution in [3.8, 4) is 23.1 Å². The summed E-state index contributed by atoms with van der Waals surface area (Å²) >= 11 is 6.35. The van der Waals surface area contributed by atoms with Crippen LogP contribution in [0.25, 0.3) is 10.9 Å². The smallest absolute Gasteiger partial charge is 0.323 e. The lowest BCUT2D eigenvalue weighted by Gasteiger charge is -2.16. The fraction of sp³-hybridized carbons (Fsp3) is 0.250. The van der Waals surface area contributed by atoms with Gasteiger partial charge < -0.3 is 34.9 Å². The van der Waals surface area contributed by atoms with Gasteiger partial charge in [0, 0.05) is 31.3 Å². The molecule has 3 aromatic carbocycles. The van der Waals surface area contributed by atoms with E-state index < -0.39 is 17.7 Å². The molecule has 0 radical (unpaired) electrons. The van der Waals surface area contributed by atoms with Crippen LogP contribution in [0.1, 0.15) is 6.42 Å². The lowest BCUT2D eigenvalue weighted by Crippen LogP contribution is -2.24. The second-order valence-corrected chi connectivity index (χ2v) is 9.28. The van der Waals surface area contributed by atoms with Crippen LogP contribution in [-0.2, 0) is 0 Å². The first-order valence-corrected chi connectivity index (χ1v) is 12.9. The Kier molecular flexibility index (Phi) is 10.1. The normalized spacial score (nSPS) is 11.0. The monoisotopic (exact) mass is 587 g/mol. The van der Waals surface area contributed by atoms with Crippen LogP contribution in [0.5, 0.6) is 23.1 Å². The summed E-state index contributed by atoms with van der Waals surface area (Å²) < 4.78 is 44.3. The Hall–Kier alpha value is -4.26. The highest BCUT2D eigenvalue weighted by Gasteiger charge is 2.15. The largest absolute Gasteiger partial charge is 0.493 e. The van der Waals surface area contributed by atoms with E-state index in [1.165, 1.54) is 25.6 Å². The number of carbonyl (C=O) groups excluding carboxylic acids is 1. The van der Waals surface area contributed by atoms with Crippen molar-refractivity contribution < 1.29 is 32.9 Å². The van der Waals surface area contributed by atoms with Gasteiger partial charge in [0.15, 0.2) is 11.5 Å². The van der Waals surface area contributed by atoms with Gasteiger partial charge in [0.25, 0.3) is 0 Å². The molecule has 0 spiro atoms. The molecule has 0 unspecified atom stereocenters. The quantitative estimate of drug-likeness (QED) is 0.181. The van der Waals surface area contributed by atoms with Gasteiger partial charge in [-0.05, 0) is 43.8 Å². The lowest BCUT2D eigenvalue weighted by atomic mass is 10.2. The number of methoxy groups -OCH3 is 1. The molecule has 4 aromatic rings. The van der Waals surface area contributed by atoms with E-state index in [1.54, 1.807) is 18.2 Å². The van der Waals surface area contributed by atoms with Gasteiger partial charge in [-0.15, -0.1) is 0 Å². The molecule has 3 N–H and O–H groups in total. The maximum absolute atomic E-state index is 13.8. The molecule has 0 saturated heterocycles. The Balaban J connectivity index is 1.44. The molecule has 41 heavy (non-hydrogen) atoms. The molecular formula is C28H28ClF2N5O5. The number of nitrogens with zero attached hydrogens (tertiary/aromatic N) is 3. The van der Waals surface area contributed by atoms with Crippen LogP contribution in [0.2, 0.25) is 5.02 Å². The number of aliphatic hydroxyl groups excluding tert-OH is 1. The van der Waals surface area contributed by atoms with Gasteiger partial charge in [-0.2, -0.15) is 0 Å². The van der Waals surface area contributed by atoms with Crippen LogP contribution in [0.15, 0.2) is 54.9 Å². The van der Waals surface area contributed by atoms with Crippen LogP contribution in [0.4, 0.5) is 25.0 Å². The highest BCUT2D eigenvalue weighted by atomic mass is 35.5. The van der Waals surface area contributed by atoms with E-state index in [-0.39, 0.29) is 28.9 Å². The van der Waals surface area contributed by atoms with Crippen molar-refractivity contribution in [1.29, 1.82) is 0 Å². The molecule has 13 heteroatoms. The number of fused-ring (bicyclic) bond motifs is 1. The van der Waals surface area contributed by atoms with Crippen LogP contribution in [0, 0.1) is 11.6 Å². The minimum absolute atomic E-state index is 0.103. The maximum atomic E-state index is 13.8. The number of benzene rings is 3. The third-order valence-corrected chi connectivity index (χ3v) is 6.20. The SMILES string of the molecule is COc1cc2c(Oc3ccc(NC(=O)Nc4ccc(F)cc4F)c(Cl)c3)ncnc2cc1OCCCN(C)CCO. The third-order valence-electron chi connectivity index (χ3n) is 5.89. The van der Waals surface area contributed by atoms with Gasteiger partial charge in [-0.1, -0.05) is 11.6 Å². The number of amides is 2. The van der Waals surface area contributed by atoms with E-state index >= 15 is 0 Å². The molecule has 1 heterocycles. The number of ether oxygens (including phenoxy) is 3. The molecule has 0 atom stereocenters. The summed E-state index contributed by atoms with van der Waals surface area (Å²) in [6, 6.07) is 10.0. The molecule has 0 fully saturated rings. The molecule has 0 saturated carbocycles. The molecular weight excluding hydrogens is 560 g/mol. The number of anilines is 2. The first-order chi connectivity index (χ1) is 19.8. The number of rotatable bonds is 12. The van der Waals surface area contributed by atoms with Crippen molar-refractivity contribution >= 4 is 39.9 Å². The highest BCUT2D eigenvalue weighted by Crippen LogP contribution is 2.37. The average Bonchev–Trinajstić information content (AvgIpc) is 2.94. The van der Waals surface area contributed by atoms with E-state index in [4.69, 9.17) is 30.9 Å². The number of aromatic nitrogens is 2. The Morgan fingerprint density at radius 2 is 1.80 bits per heavy atom. The molecule has 2 amide bonds. The summed E-state index contributed by atoms with van der Waals surface area (Å²) in [6.07, 6.45) is 2.11. The fourth-order valence-electron chi connectivity index (χ4n) is 3.83. The Morgan fingerprint density at radius 3 is 2.54 bits per heavy atom. The predicted molar refractivity (Wildman–Crippen MR) is 151 cm³/mol. The van der Waals surface area contributed by atoms with Crippen molar-refractivity contribution in [2.24, 2.45) is 0 Å². The summed E-state index contributed by atoms with van der Waals surface area (Å²) in [5.41, 5.74) is 0.611. The summed E-state index contributed by atoms with van der Waals surface area (Å²) in [5.74, 6) is -0.105. The Bertz CT molecular complexity index is 1530. The average molecular weight is 588 g/mol. The number of nitrogens with one attached hydrogen (secondary N) is 2. The number of urea groups is 1. The highest BCUT2D eigenvalue weighted by molar-refractivity contribution is 6.34. The van der Waals surface area contributed by atoms with Crippen LogP contribution in [0.3, 0.4) is 0 Å².